The Morgan fingerprint density at radius 2 is 1.68 bits per heavy atom. The minimum Gasteiger partial charge on any atom is -0.492 e. The van der Waals surface area contributed by atoms with Crippen LogP contribution in [0.1, 0.15) is 13.3 Å². The number of hydrogen-bond donors (Lipinski definition) is 1. The molecule has 2 aromatic carbocycles. The summed E-state index contributed by atoms with van der Waals surface area (Å²) in [6.45, 7) is 5.63. The summed E-state index contributed by atoms with van der Waals surface area (Å²) in [6.07, 6.45) is 4.39. The highest BCUT2D eigenvalue weighted by Crippen LogP contribution is 2.14. The molecule has 7 nitrogen and oxygen atoms in total. The molecule has 0 fully saturated rings. The van der Waals surface area contributed by atoms with E-state index in [1.165, 1.54) is 0 Å². The van der Waals surface area contributed by atoms with E-state index in [1.807, 2.05) is 54.6 Å². The molecule has 1 heterocycles. The Kier molecular flexibility index (Phi) is 8.48. The monoisotopic (exact) mass is 422 g/mol. The molecule has 31 heavy (non-hydrogen) atoms. The smallest absolute Gasteiger partial charge is 0.297 e. The quantitative estimate of drug-likeness (QED) is 0.451. The summed E-state index contributed by atoms with van der Waals surface area (Å²) in [5.41, 5.74) is 0.545. The van der Waals surface area contributed by atoms with Crippen LogP contribution in [-0.2, 0) is 0 Å². The van der Waals surface area contributed by atoms with Crippen LogP contribution < -0.4 is 20.3 Å². The molecule has 0 amide bonds. The summed E-state index contributed by atoms with van der Waals surface area (Å²) in [5, 5.41) is 3.05. The van der Waals surface area contributed by atoms with Crippen molar-refractivity contribution < 1.29 is 9.47 Å². The lowest BCUT2D eigenvalue weighted by Crippen LogP contribution is -2.25. The third-order valence-electron chi connectivity index (χ3n) is 4.71. The molecule has 0 aliphatic carbocycles. The summed E-state index contributed by atoms with van der Waals surface area (Å²) in [6, 6.07) is 17.1. The van der Waals surface area contributed by atoms with Gasteiger partial charge in [-0.2, -0.15) is 0 Å². The van der Waals surface area contributed by atoms with Gasteiger partial charge in [-0.3, -0.25) is 9.36 Å². The Labute approximate surface area is 183 Å². The van der Waals surface area contributed by atoms with Crippen LogP contribution in [-0.4, -0.2) is 54.3 Å². The van der Waals surface area contributed by atoms with Crippen molar-refractivity contribution >= 4 is 5.82 Å². The predicted octanol–water partition coefficient (Wildman–Crippen LogP) is 3.44. The fourth-order valence-electron chi connectivity index (χ4n) is 3.11. The first-order valence-electron chi connectivity index (χ1n) is 10.6. The van der Waals surface area contributed by atoms with E-state index in [4.69, 9.17) is 9.47 Å². The fourth-order valence-corrected chi connectivity index (χ4v) is 3.11. The van der Waals surface area contributed by atoms with Crippen molar-refractivity contribution in [2.45, 2.75) is 13.3 Å². The largest absolute Gasteiger partial charge is 0.492 e. The average Bonchev–Trinajstić information content (AvgIpc) is 2.79. The number of ether oxygens (including phenoxy) is 2. The first kappa shape index (κ1) is 22.4. The Morgan fingerprint density at radius 3 is 2.42 bits per heavy atom. The van der Waals surface area contributed by atoms with Gasteiger partial charge in [-0.15, -0.1) is 0 Å². The highest BCUT2D eigenvalue weighted by Gasteiger charge is 2.07. The minimum atomic E-state index is -0.211. The van der Waals surface area contributed by atoms with Gasteiger partial charge in [-0.25, -0.2) is 4.98 Å². The topological polar surface area (TPSA) is 68.6 Å². The van der Waals surface area contributed by atoms with Gasteiger partial charge in [-0.05, 0) is 56.4 Å². The summed E-state index contributed by atoms with van der Waals surface area (Å²) < 4.78 is 13.0. The third kappa shape index (κ3) is 6.86. The lowest BCUT2D eigenvalue weighted by molar-refractivity contribution is 0.237. The maximum Gasteiger partial charge on any atom is 0.297 e. The van der Waals surface area contributed by atoms with Crippen LogP contribution >= 0.6 is 0 Å². The van der Waals surface area contributed by atoms with Crippen molar-refractivity contribution in [1.82, 2.24) is 14.5 Å². The second kappa shape index (κ2) is 11.8. The Hall–Kier alpha value is -3.32. The molecule has 7 heteroatoms. The van der Waals surface area contributed by atoms with Crippen molar-refractivity contribution in [1.29, 1.82) is 0 Å². The molecular formula is C24H30N4O3. The van der Waals surface area contributed by atoms with E-state index in [0.29, 0.717) is 25.6 Å². The van der Waals surface area contributed by atoms with E-state index in [-0.39, 0.29) is 5.56 Å². The van der Waals surface area contributed by atoms with Gasteiger partial charge in [0.2, 0.25) is 0 Å². The second-order valence-electron chi connectivity index (χ2n) is 7.18. The predicted molar refractivity (Wildman–Crippen MR) is 124 cm³/mol. The van der Waals surface area contributed by atoms with E-state index in [1.54, 1.807) is 17.0 Å². The number of nitrogens with one attached hydrogen (secondary N) is 1. The molecule has 164 valence electrons. The van der Waals surface area contributed by atoms with Crippen LogP contribution in [0.3, 0.4) is 0 Å². The highest BCUT2D eigenvalue weighted by atomic mass is 16.5. The molecular weight excluding hydrogens is 392 g/mol. The maximum absolute atomic E-state index is 12.8. The van der Waals surface area contributed by atoms with Gasteiger partial charge in [0, 0.05) is 24.6 Å². The van der Waals surface area contributed by atoms with Crippen molar-refractivity contribution in [2.24, 2.45) is 0 Å². The standard InChI is InChI=1S/C24H30N4O3/c1-3-15-27(2)17-19-31-22-11-9-20(10-12-22)28-16-13-25-23(24(28)29)26-14-18-30-21-7-5-4-6-8-21/h4-13,16H,3,14-15,17-19H2,1-2H3,(H,25,26). The normalized spacial score (nSPS) is 10.8. The highest BCUT2D eigenvalue weighted by molar-refractivity contribution is 5.41. The van der Waals surface area contributed by atoms with Gasteiger partial charge in [0.1, 0.15) is 24.7 Å². The molecule has 3 rings (SSSR count). The lowest BCUT2D eigenvalue weighted by Gasteiger charge is -2.16. The van der Waals surface area contributed by atoms with Crippen molar-refractivity contribution in [3.8, 4) is 17.2 Å². The zero-order chi connectivity index (χ0) is 21.9. The van der Waals surface area contributed by atoms with Crippen LogP contribution in [0.2, 0.25) is 0 Å². The maximum atomic E-state index is 12.8. The third-order valence-corrected chi connectivity index (χ3v) is 4.71. The van der Waals surface area contributed by atoms with E-state index < -0.39 is 0 Å². The van der Waals surface area contributed by atoms with Crippen molar-refractivity contribution in [3.05, 3.63) is 77.3 Å². The number of rotatable bonds is 12. The zero-order valence-electron chi connectivity index (χ0n) is 18.2. The summed E-state index contributed by atoms with van der Waals surface area (Å²) in [4.78, 5) is 19.2. The molecule has 0 spiro atoms. The number of benzene rings is 2. The molecule has 0 unspecified atom stereocenters. The minimum absolute atomic E-state index is 0.211. The van der Waals surface area contributed by atoms with Crippen LogP contribution in [0.15, 0.2) is 71.8 Å². The number of aromatic nitrogens is 2. The van der Waals surface area contributed by atoms with E-state index in [9.17, 15) is 4.79 Å². The number of anilines is 1. The van der Waals surface area contributed by atoms with E-state index in [0.717, 1.165) is 36.7 Å². The summed E-state index contributed by atoms with van der Waals surface area (Å²) in [5.74, 6) is 1.87. The molecule has 0 aliphatic rings. The molecule has 0 saturated heterocycles. The van der Waals surface area contributed by atoms with Crippen LogP contribution in [0.4, 0.5) is 5.82 Å². The average molecular weight is 423 g/mol. The Balaban J connectivity index is 1.54. The van der Waals surface area contributed by atoms with Gasteiger partial charge in [0.15, 0.2) is 5.82 Å². The second-order valence-corrected chi connectivity index (χ2v) is 7.18. The van der Waals surface area contributed by atoms with Crippen molar-refractivity contribution in [2.75, 3.05) is 45.2 Å². The van der Waals surface area contributed by atoms with Gasteiger partial charge in [0.05, 0.1) is 6.54 Å². The Bertz CT molecular complexity index is 974. The van der Waals surface area contributed by atoms with Gasteiger partial charge in [-0.1, -0.05) is 25.1 Å². The SMILES string of the molecule is CCCN(C)CCOc1ccc(-n2ccnc(NCCOc3ccccc3)c2=O)cc1. The van der Waals surface area contributed by atoms with E-state index in [2.05, 4.69) is 29.2 Å². The zero-order valence-corrected chi connectivity index (χ0v) is 18.2. The molecule has 0 radical (unpaired) electrons. The first-order valence-corrected chi connectivity index (χ1v) is 10.6. The van der Waals surface area contributed by atoms with Crippen molar-refractivity contribution in [3.63, 3.8) is 0 Å². The lowest BCUT2D eigenvalue weighted by atomic mass is 10.3. The molecule has 3 aromatic rings. The van der Waals surface area contributed by atoms with Crippen LogP contribution in [0.5, 0.6) is 11.5 Å². The summed E-state index contributed by atoms with van der Waals surface area (Å²) >= 11 is 0. The molecule has 1 N–H and O–H groups in total. The van der Waals surface area contributed by atoms with E-state index >= 15 is 0 Å². The molecule has 0 atom stereocenters. The van der Waals surface area contributed by atoms with Gasteiger partial charge >= 0.3 is 0 Å². The number of hydrogen-bond acceptors (Lipinski definition) is 6. The van der Waals surface area contributed by atoms with Gasteiger partial charge < -0.3 is 19.7 Å². The molecule has 0 bridgehead atoms. The molecule has 0 saturated carbocycles. The number of likely N-dealkylation sites (N-methyl/N-ethyl adjacent to an activating group) is 1. The molecule has 0 aliphatic heterocycles. The van der Waals surface area contributed by atoms with Crippen LogP contribution in [0.25, 0.3) is 5.69 Å². The summed E-state index contributed by atoms with van der Waals surface area (Å²) in [7, 11) is 2.09. The molecule has 1 aromatic heterocycles. The number of para-hydroxylation sites is 1. The number of nitrogens with zero attached hydrogens (tertiary/aromatic N) is 3. The first-order chi connectivity index (χ1) is 15.2. The van der Waals surface area contributed by atoms with Crippen LogP contribution in [0, 0.1) is 0 Å². The fraction of sp³-hybridized carbons (Fsp3) is 0.333. The Morgan fingerprint density at radius 1 is 0.968 bits per heavy atom. The van der Waals surface area contributed by atoms with Gasteiger partial charge in [0.25, 0.3) is 5.56 Å².